The topological polar surface area (TPSA) is 6.48 Å². The zero-order valence-electron chi connectivity index (χ0n) is 21.5. The number of unbranched alkanes of at least 4 members (excludes halogenated alkanes) is 1. The van der Waals surface area contributed by atoms with Gasteiger partial charge in [-0.2, -0.15) is 0 Å². The van der Waals surface area contributed by atoms with E-state index in [2.05, 4.69) is 48.9 Å². The second kappa shape index (κ2) is 10.9. The van der Waals surface area contributed by atoms with Crippen LogP contribution in [0.2, 0.25) is 0 Å². The van der Waals surface area contributed by atoms with Crippen molar-refractivity contribution in [1.82, 2.24) is 9.80 Å². The molecule has 186 valence electrons. The fourth-order valence-corrected chi connectivity index (χ4v) is 6.29. The molecule has 2 aromatic carbocycles. The van der Waals surface area contributed by atoms with Gasteiger partial charge >= 0.3 is 0 Å². The molecule has 2 aromatic rings. The predicted molar refractivity (Wildman–Crippen MR) is 138 cm³/mol. The molecule has 34 heavy (non-hydrogen) atoms. The van der Waals surface area contributed by atoms with Crippen molar-refractivity contribution in [3.05, 3.63) is 70.3 Å². The molecule has 2 saturated heterocycles. The van der Waals surface area contributed by atoms with E-state index in [-0.39, 0.29) is 11.6 Å². The van der Waals surface area contributed by atoms with Crippen LogP contribution in [0, 0.1) is 0 Å². The van der Waals surface area contributed by atoms with Crippen LogP contribution in [0.15, 0.2) is 42.5 Å². The maximum absolute atomic E-state index is 14.4. The Morgan fingerprint density at radius 1 is 1.00 bits per heavy atom. The van der Waals surface area contributed by atoms with Crippen LogP contribution in [0.3, 0.4) is 0 Å². The predicted octanol–water partition coefficient (Wildman–Crippen LogP) is 7.68. The molecule has 0 aliphatic carbocycles. The number of likely N-dealkylation sites (tertiary alicyclic amines) is 2. The van der Waals surface area contributed by atoms with Crippen LogP contribution >= 0.6 is 0 Å². The van der Waals surface area contributed by atoms with E-state index in [0.717, 1.165) is 44.7 Å². The van der Waals surface area contributed by atoms with Gasteiger partial charge in [-0.05, 0) is 94.3 Å². The summed E-state index contributed by atoms with van der Waals surface area (Å²) in [6.07, 6.45) is 9.07. The van der Waals surface area contributed by atoms with E-state index in [1.165, 1.54) is 48.9 Å². The number of nitrogens with zero attached hydrogens (tertiary/aromatic N) is 2. The average molecular weight is 469 g/mol. The van der Waals surface area contributed by atoms with Gasteiger partial charge in [0.2, 0.25) is 0 Å². The lowest BCUT2D eigenvalue weighted by Gasteiger charge is -2.33. The van der Waals surface area contributed by atoms with Crippen molar-refractivity contribution < 1.29 is 8.78 Å². The van der Waals surface area contributed by atoms with Crippen molar-refractivity contribution in [2.24, 2.45) is 0 Å². The zero-order valence-corrected chi connectivity index (χ0v) is 21.5. The molecule has 0 N–H and O–H groups in total. The lowest BCUT2D eigenvalue weighted by molar-refractivity contribution is 0.0149. The van der Waals surface area contributed by atoms with Gasteiger partial charge in [0.05, 0.1) is 0 Å². The second-order valence-corrected chi connectivity index (χ2v) is 10.7. The first-order valence-electron chi connectivity index (χ1n) is 13.3. The van der Waals surface area contributed by atoms with Gasteiger partial charge in [0.15, 0.2) is 0 Å². The highest BCUT2D eigenvalue weighted by molar-refractivity contribution is 5.36. The SMILES string of the molecule is CCCCc1cc(CC(C)N2CCCC2c2ccccc2C(C)(F)F)ccc1C1CCCN1C. The molecule has 0 amide bonds. The van der Waals surface area contributed by atoms with Crippen molar-refractivity contribution in [2.45, 2.75) is 96.2 Å². The third-order valence-corrected chi connectivity index (χ3v) is 8.07. The number of benzene rings is 2. The highest BCUT2D eigenvalue weighted by Gasteiger charge is 2.36. The fourth-order valence-electron chi connectivity index (χ4n) is 6.29. The number of rotatable bonds is 9. The summed E-state index contributed by atoms with van der Waals surface area (Å²) in [5.74, 6) is -2.81. The normalized spacial score (nSPS) is 23.0. The van der Waals surface area contributed by atoms with Gasteiger partial charge < -0.3 is 0 Å². The Bertz CT molecular complexity index is 951. The third kappa shape index (κ3) is 5.54. The van der Waals surface area contributed by atoms with E-state index in [1.807, 2.05) is 12.1 Å². The number of hydrogen-bond donors (Lipinski definition) is 0. The zero-order chi connectivity index (χ0) is 24.3. The molecule has 4 heteroatoms. The molecule has 0 saturated carbocycles. The number of halogens is 2. The Morgan fingerprint density at radius 3 is 2.44 bits per heavy atom. The first-order valence-corrected chi connectivity index (χ1v) is 13.3. The van der Waals surface area contributed by atoms with E-state index in [0.29, 0.717) is 12.1 Å². The first kappa shape index (κ1) is 25.3. The van der Waals surface area contributed by atoms with Gasteiger partial charge in [0, 0.05) is 30.6 Å². The summed E-state index contributed by atoms with van der Waals surface area (Å²) >= 11 is 0. The first-order chi connectivity index (χ1) is 16.3. The largest absolute Gasteiger partial charge is 0.299 e. The van der Waals surface area contributed by atoms with Crippen molar-refractivity contribution in [2.75, 3.05) is 20.1 Å². The minimum Gasteiger partial charge on any atom is -0.299 e. The van der Waals surface area contributed by atoms with E-state index in [1.54, 1.807) is 12.1 Å². The van der Waals surface area contributed by atoms with Gasteiger partial charge in [-0.3, -0.25) is 9.80 Å². The number of alkyl halides is 2. The van der Waals surface area contributed by atoms with E-state index >= 15 is 0 Å². The van der Waals surface area contributed by atoms with Crippen LogP contribution in [0.25, 0.3) is 0 Å². The molecule has 0 spiro atoms. The van der Waals surface area contributed by atoms with Gasteiger partial charge in [-0.15, -0.1) is 0 Å². The summed E-state index contributed by atoms with van der Waals surface area (Å²) in [4.78, 5) is 4.97. The van der Waals surface area contributed by atoms with Gasteiger partial charge in [-0.25, -0.2) is 8.78 Å². The van der Waals surface area contributed by atoms with Crippen LogP contribution in [0.5, 0.6) is 0 Å². The second-order valence-electron chi connectivity index (χ2n) is 10.7. The van der Waals surface area contributed by atoms with E-state index in [4.69, 9.17) is 0 Å². The smallest absolute Gasteiger partial charge is 0.270 e. The maximum atomic E-state index is 14.4. The molecular weight excluding hydrogens is 426 g/mol. The molecule has 2 aliphatic heterocycles. The fraction of sp³-hybridized carbons (Fsp3) is 0.600. The Morgan fingerprint density at radius 2 is 1.74 bits per heavy atom. The van der Waals surface area contributed by atoms with E-state index < -0.39 is 5.92 Å². The maximum Gasteiger partial charge on any atom is 0.270 e. The summed E-state index contributed by atoms with van der Waals surface area (Å²) < 4.78 is 28.7. The average Bonchev–Trinajstić information content (AvgIpc) is 3.46. The summed E-state index contributed by atoms with van der Waals surface area (Å²) in [7, 11) is 2.25. The molecule has 3 unspecified atom stereocenters. The summed E-state index contributed by atoms with van der Waals surface area (Å²) in [6, 6.07) is 15.3. The van der Waals surface area contributed by atoms with Crippen LogP contribution in [-0.2, 0) is 18.8 Å². The molecule has 0 bridgehead atoms. The number of aryl methyl sites for hydroxylation is 1. The molecule has 2 aliphatic rings. The van der Waals surface area contributed by atoms with Crippen LogP contribution in [-0.4, -0.2) is 36.0 Å². The van der Waals surface area contributed by atoms with Crippen LogP contribution in [0.1, 0.15) is 99.2 Å². The molecule has 4 rings (SSSR count). The minimum atomic E-state index is -2.81. The minimum absolute atomic E-state index is 0.0722. The summed E-state index contributed by atoms with van der Waals surface area (Å²) in [5.41, 5.74) is 5.40. The van der Waals surface area contributed by atoms with Crippen LogP contribution in [0.4, 0.5) is 8.78 Å². The molecule has 2 fully saturated rings. The van der Waals surface area contributed by atoms with Crippen molar-refractivity contribution in [3.8, 4) is 0 Å². The summed E-state index contributed by atoms with van der Waals surface area (Å²) in [6.45, 7) is 7.72. The highest BCUT2D eigenvalue weighted by atomic mass is 19.3. The lowest BCUT2D eigenvalue weighted by Crippen LogP contribution is -2.35. The monoisotopic (exact) mass is 468 g/mol. The van der Waals surface area contributed by atoms with Gasteiger partial charge in [-0.1, -0.05) is 55.8 Å². The molecule has 0 radical (unpaired) electrons. The van der Waals surface area contributed by atoms with Gasteiger partial charge in [0.25, 0.3) is 5.92 Å². The standard InChI is InChI=1S/C30H42F2N2/c1-5-6-11-24-21-23(16-17-25(24)28-14-9-18-33(28)4)20-22(2)34-19-10-15-29(34)26-12-7-8-13-27(26)30(3,31)32/h7-8,12-13,16-17,21-22,28-29H,5-6,9-11,14-15,18-20H2,1-4H3. The van der Waals surface area contributed by atoms with Crippen molar-refractivity contribution in [1.29, 1.82) is 0 Å². The molecule has 2 heterocycles. The van der Waals surface area contributed by atoms with E-state index in [9.17, 15) is 8.78 Å². The molecular formula is C30H42F2N2. The summed E-state index contributed by atoms with van der Waals surface area (Å²) in [5, 5.41) is 0. The highest BCUT2D eigenvalue weighted by Crippen LogP contribution is 2.41. The molecule has 3 atom stereocenters. The van der Waals surface area contributed by atoms with Gasteiger partial charge in [0.1, 0.15) is 0 Å². The number of hydrogen-bond acceptors (Lipinski definition) is 2. The molecule has 2 nitrogen and oxygen atoms in total. The Kier molecular flexibility index (Phi) is 8.09. The Balaban J connectivity index is 1.54. The Labute approximate surface area is 205 Å². The third-order valence-electron chi connectivity index (χ3n) is 8.07. The van der Waals surface area contributed by atoms with Crippen molar-refractivity contribution >= 4 is 0 Å². The Hall–Kier alpha value is -1.78. The van der Waals surface area contributed by atoms with Crippen LogP contribution < -0.4 is 0 Å². The molecule has 0 aromatic heterocycles. The quantitative estimate of drug-likeness (QED) is 0.372. The lowest BCUT2D eigenvalue weighted by atomic mass is 9.91. The van der Waals surface area contributed by atoms with Crippen molar-refractivity contribution in [3.63, 3.8) is 0 Å².